The summed E-state index contributed by atoms with van der Waals surface area (Å²) in [5.41, 5.74) is 2.69. The number of imidazole rings is 1. The number of aromatic nitrogens is 5. The summed E-state index contributed by atoms with van der Waals surface area (Å²) in [5.74, 6) is 0. The molecule has 5 heterocycles. The lowest BCUT2D eigenvalue weighted by atomic mass is 10.1. The zero-order valence-corrected chi connectivity index (χ0v) is 20.4. The lowest BCUT2D eigenvalue weighted by Gasteiger charge is -2.31. The van der Waals surface area contributed by atoms with Gasteiger partial charge in [-0.2, -0.15) is 13.2 Å². The first-order chi connectivity index (χ1) is 18.3. The average Bonchev–Trinajstić information content (AvgIpc) is 3.51. The van der Waals surface area contributed by atoms with Crippen molar-refractivity contribution in [1.82, 2.24) is 29.8 Å². The highest BCUT2D eigenvalue weighted by molar-refractivity contribution is 5.82. The van der Waals surface area contributed by atoms with E-state index >= 15 is 0 Å². The second kappa shape index (κ2) is 9.18. The smallest absolute Gasteiger partial charge is 0.368 e. The number of anilines is 1. The SMILES string of the molecule is Cc1[nH]c(=O)n(-c2ccc(N3CCNCC3)c(C(F)(F)F)c2)c1-c1cc(-c2cnc3[nH]ccc3c2)ccn1. The lowest BCUT2D eigenvalue weighted by Crippen LogP contribution is -2.44. The first-order valence-electron chi connectivity index (χ1n) is 12.2. The molecule has 11 heteroatoms. The molecule has 3 N–H and O–H groups in total. The van der Waals surface area contributed by atoms with Crippen LogP contribution in [0.5, 0.6) is 0 Å². The minimum Gasteiger partial charge on any atom is -0.368 e. The molecule has 0 aliphatic carbocycles. The highest BCUT2D eigenvalue weighted by atomic mass is 19.4. The van der Waals surface area contributed by atoms with Gasteiger partial charge < -0.3 is 20.2 Å². The Morgan fingerprint density at radius 1 is 0.974 bits per heavy atom. The van der Waals surface area contributed by atoms with Gasteiger partial charge in [0.25, 0.3) is 0 Å². The third-order valence-electron chi connectivity index (χ3n) is 6.81. The number of benzene rings is 1. The van der Waals surface area contributed by atoms with E-state index in [1.807, 2.05) is 24.4 Å². The van der Waals surface area contributed by atoms with E-state index in [0.29, 0.717) is 43.3 Å². The molecule has 0 saturated carbocycles. The van der Waals surface area contributed by atoms with Crippen molar-refractivity contribution in [2.75, 3.05) is 31.1 Å². The molecular weight excluding hydrogens is 495 g/mol. The molecule has 38 heavy (non-hydrogen) atoms. The van der Waals surface area contributed by atoms with E-state index in [2.05, 4.69) is 25.3 Å². The topological polar surface area (TPSA) is 94.6 Å². The number of aryl methyl sites for hydroxylation is 1. The first kappa shape index (κ1) is 24.0. The summed E-state index contributed by atoms with van der Waals surface area (Å²) >= 11 is 0. The molecule has 1 aromatic carbocycles. The highest BCUT2D eigenvalue weighted by Crippen LogP contribution is 2.39. The summed E-state index contributed by atoms with van der Waals surface area (Å²) in [6.45, 7) is 3.85. The normalized spacial score (nSPS) is 14.4. The van der Waals surface area contributed by atoms with Crippen LogP contribution in [0.2, 0.25) is 0 Å². The van der Waals surface area contributed by atoms with E-state index in [0.717, 1.165) is 28.2 Å². The van der Waals surface area contributed by atoms with E-state index < -0.39 is 17.4 Å². The van der Waals surface area contributed by atoms with Gasteiger partial charge in [0.15, 0.2) is 0 Å². The average molecular weight is 520 g/mol. The monoisotopic (exact) mass is 519 g/mol. The second-order valence-corrected chi connectivity index (χ2v) is 9.24. The number of piperazine rings is 1. The third-order valence-corrected chi connectivity index (χ3v) is 6.81. The fourth-order valence-corrected chi connectivity index (χ4v) is 5.01. The van der Waals surface area contributed by atoms with E-state index in [-0.39, 0.29) is 11.4 Å². The van der Waals surface area contributed by atoms with Crippen LogP contribution in [-0.2, 0) is 6.18 Å². The van der Waals surface area contributed by atoms with Gasteiger partial charge in [0.05, 0.1) is 22.6 Å². The Morgan fingerprint density at radius 2 is 1.79 bits per heavy atom. The molecule has 0 unspecified atom stereocenters. The predicted molar refractivity (Wildman–Crippen MR) is 140 cm³/mol. The lowest BCUT2D eigenvalue weighted by molar-refractivity contribution is -0.137. The van der Waals surface area contributed by atoms with Gasteiger partial charge in [0.1, 0.15) is 5.65 Å². The van der Waals surface area contributed by atoms with Crippen molar-refractivity contribution in [3.05, 3.63) is 82.8 Å². The molecule has 0 radical (unpaired) electrons. The zero-order chi connectivity index (χ0) is 26.4. The van der Waals surface area contributed by atoms with E-state index in [1.165, 1.54) is 10.6 Å². The van der Waals surface area contributed by atoms with E-state index in [4.69, 9.17) is 0 Å². The highest BCUT2D eigenvalue weighted by Gasteiger charge is 2.36. The molecule has 5 aromatic rings. The minimum absolute atomic E-state index is 0.109. The molecule has 4 aromatic heterocycles. The maximum absolute atomic E-state index is 14.2. The van der Waals surface area contributed by atoms with Gasteiger partial charge in [-0.15, -0.1) is 0 Å². The number of rotatable bonds is 4. The fourth-order valence-electron chi connectivity index (χ4n) is 5.01. The van der Waals surface area contributed by atoms with Crippen molar-refractivity contribution < 1.29 is 13.2 Å². The molecule has 0 bridgehead atoms. The standard InChI is InChI=1S/C27H24F3N7O/c1-16-24(22-13-17(4-6-32-22)19-12-18-5-7-33-25(18)34-15-19)37(26(38)35-16)20-2-3-23(21(14-20)27(28,29)30)36-10-8-31-9-11-36/h2-7,12-15,31H,8-11H2,1H3,(H,33,34)(H,35,38). The summed E-state index contributed by atoms with van der Waals surface area (Å²) < 4.78 is 43.9. The molecule has 194 valence electrons. The number of hydrogen-bond donors (Lipinski definition) is 3. The summed E-state index contributed by atoms with van der Waals surface area (Å²) in [7, 11) is 0. The fraction of sp³-hybridized carbons (Fsp3) is 0.222. The van der Waals surface area contributed by atoms with Crippen molar-refractivity contribution in [2.24, 2.45) is 0 Å². The molecule has 8 nitrogen and oxygen atoms in total. The molecule has 1 saturated heterocycles. The molecule has 1 fully saturated rings. The minimum atomic E-state index is -4.59. The Kier molecular flexibility index (Phi) is 5.79. The predicted octanol–water partition coefficient (Wildman–Crippen LogP) is 4.51. The second-order valence-electron chi connectivity index (χ2n) is 9.24. The largest absolute Gasteiger partial charge is 0.418 e. The third kappa shape index (κ3) is 4.24. The van der Waals surface area contributed by atoms with E-state index in [1.54, 1.807) is 36.4 Å². The van der Waals surface area contributed by atoms with Gasteiger partial charge >= 0.3 is 11.9 Å². The summed E-state index contributed by atoms with van der Waals surface area (Å²) in [4.78, 5) is 29.4. The van der Waals surface area contributed by atoms with Crippen LogP contribution in [0, 0.1) is 6.92 Å². The molecule has 6 rings (SSSR count). The van der Waals surface area contributed by atoms with Crippen LogP contribution in [0.1, 0.15) is 11.3 Å². The molecule has 0 atom stereocenters. The number of fused-ring (bicyclic) bond motifs is 1. The van der Waals surface area contributed by atoms with Crippen LogP contribution in [0.25, 0.3) is 39.2 Å². The van der Waals surface area contributed by atoms with Crippen molar-refractivity contribution in [1.29, 1.82) is 0 Å². The van der Waals surface area contributed by atoms with Crippen molar-refractivity contribution in [3.8, 4) is 28.2 Å². The van der Waals surface area contributed by atoms with E-state index in [9.17, 15) is 18.0 Å². The Hall–Kier alpha value is -4.38. The Morgan fingerprint density at radius 3 is 2.58 bits per heavy atom. The maximum atomic E-state index is 14.2. The summed E-state index contributed by atoms with van der Waals surface area (Å²) in [5, 5.41) is 4.10. The Balaban J connectivity index is 1.46. The van der Waals surface area contributed by atoms with Crippen molar-refractivity contribution >= 4 is 16.7 Å². The van der Waals surface area contributed by atoms with Crippen LogP contribution in [0.3, 0.4) is 0 Å². The summed E-state index contributed by atoms with van der Waals surface area (Å²) in [6.07, 6.45) is 0.568. The van der Waals surface area contributed by atoms with Crippen molar-refractivity contribution in [3.63, 3.8) is 0 Å². The molecule has 1 aliphatic heterocycles. The number of pyridine rings is 2. The van der Waals surface area contributed by atoms with Gasteiger partial charge in [0.2, 0.25) is 0 Å². The number of hydrogen-bond acceptors (Lipinski definition) is 5. The number of aromatic amines is 2. The van der Waals surface area contributed by atoms with Gasteiger partial charge in [-0.3, -0.25) is 9.55 Å². The van der Waals surface area contributed by atoms with Crippen LogP contribution >= 0.6 is 0 Å². The quantitative estimate of drug-likeness (QED) is 0.325. The summed E-state index contributed by atoms with van der Waals surface area (Å²) in [6, 6.07) is 11.6. The number of halogens is 3. The Labute approximate surface area is 215 Å². The van der Waals surface area contributed by atoms with Gasteiger partial charge in [-0.25, -0.2) is 9.78 Å². The van der Waals surface area contributed by atoms with Gasteiger partial charge in [0, 0.05) is 67.1 Å². The van der Waals surface area contributed by atoms with Crippen LogP contribution in [0.4, 0.5) is 18.9 Å². The molecule has 1 aliphatic rings. The van der Waals surface area contributed by atoms with Crippen molar-refractivity contribution in [2.45, 2.75) is 13.1 Å². The zero-order valence-electron chi connectivity index (χ0n) is 20.4. The van der Waals surface area contributed by atoms with Gasteiger partial charge in [-0.1, -0.05) is 0 Å². The molecular formula is C27H24F3N7O. The number of H-pyrrole nitrogens is 2. The molecule has 0 amide bonds. The molecule has 0 spiro atoms. The first-order valence-corrected chi connectivity index (χ1v) is 12.2. The van der Waals surface area contributed by atoms with Crippen LogP contribution in [-0.4, -0.2) is 50.7 Å². The number of nitrogens with zero attached hydrogens (tertiary/aromatic N) is 4. The van der Waals surface area contributed by atoms with Gasteiger partial charge in [-0.05, 0) is 55.0 Å². The van der Waals surface area contributed by atoms with Crippen LogP contribution < -0.4 is 15.9 Å². The Bertz CT molecular complexity index is 1690. The van der Waals surface area contributed by atoms with Crippen LogP contribution in [0.15, 0.2) is 65.8 Å². The number of nitrogens with one attached hydrogen (secondary N) is 3. The maximum Gasteiger partial charge on any atom is 0.418 e. The number of alkyl halides is 3.